The number of aromatic hydroxyl groups is 1. The van der Waals surface area contributed by atoms with E-state index in [1.807, 2.05) is 18.2 Å². The first-order valence-corrected chi connectivity index (χ1v) is 8.27. The summed E-state index contributed by atoms with van der Waals surface area (Å²) >= 11 is 8.23. The van der Waals surface area contributed by atoms with E-state index >= 15 is 0 Å². The van der Waals surface area contributed by atoms with Gasteiger partial charge in [0.05, 0.1) is 0 Å². The van der Waals surface area contributed by atoms with Gasteiger partial charge in [-0.3, -0.25) is 0 Å². The van der Waals surface area contributed by atoms with Crippen LogP contribution in [0.2, 0.25) is 5.02 Å². The van der Waals surface area contributed by atoms with E-state index in [2.05, 4.69) is 53.6 Å². The Bertz CT molecular complexity index is 868. The minimum absolute atomic E-state index is 0.171. The summed E-state index contributed by atoms with van der Waals surface area (Å²) in [5, 5.41) is 20.1. The van der Waals surface area contributed by atoms with Crippen molar-refractivity contribution in [2.75, 3.05) is 0 Å². The summed E-state index contributed by atoms with van der Waals surface area (Å²) in [6, 6.07) is 9.20. The molecular formula is C16H15ClIN3O. The van der Waals surface area contributed by atoms with Gasteiger partial charge in [-0.25, -0.2) is 0 Å². The molecule has 0 bridgehead atoms. The Hall–Kier alpha value is -1.34. The number of benzene rings is 2. The lowest BCUT2D eigenvalue weighted by Gasteiger charge is -2.22. The van der Waals surface area contributed by atoms with Gasteiger partial charge in [0.25, 0.3) is 0 Å². The number of phenolic OH excluding ortho intramolecular Hbond substituents is 1. The monoisotopic (exact) mass is 427 g/mol. The SMILES string of the molecule is CC(C)(C)c1cc(I)cc(-n2nc3ccc(Cl)cc3n2)c1O. The molecule has 22 heavy (non-hydrogen) atoms. The largest absolute Gasteiger partial charge is 0.505 e. The van der Waals surface area contributed by atoms with E-state index in [9.17, 15) is 5.11 Å². The zero-order valence-corrected chi connectivity index (χ0v) is 15.3. The van der Waals surface area contributed by atoms with Crippen LogP contribution in [0.3, 0.4) is 0 Å². The van der Waals surface area contributed by atoms with Crippen molar-refractivity contribution in [1.29, 1.82) is 0 Å². The van der Waals surface area contributed by atoms with Crippen LogP contribution in [-0.2, 0) is 5.41 Å². The number of aromatic nitrogens is 3. The van der Waals surface area contributed by atoms with Gasteiger partial charge in [-0.15, -0.1) is 15.0 Å². The van der Waals surface area contributed by atoms with Gasteiger partial charge >= 0.3 is 0 Å². The zero-order chi connectivity index (χ0) is 16.1. The number of rotatable bonds is 1. The molecule has 1 heterocycles. The molecule has 0 aliphatic rings. The second-order valence-electron chi connectivity index (χ2n) is 6.19. The first-order chi connectivity index (χ1) is 10.3. The maximum atomic E-state index is 10.7. The zero-order valence-electron chi connectivity index (χ0n) is 12.4. The molecule has 0 aliphatic carbocycles. The summed E-state index contributed by atoms with van der Waals surface area (Å²) in [5.74, 6) is 0.208. The van der Waals surface area contributed by atoms with Crippen LogP contribution in [0.15, 0.2) is 30.3 Å². The summed E-state index contributed by atoms with van der Waals surface area (Å²) in [7, 11) is 0. The van der Waals surface area contributed by atoms with Crippen LogP contribution in [0.1, 0.15) is 26.3 Å². The fourth-order valence-electron chi connectivity index (χ4n) is 2.30. The molecule has 2 aromatic carbocycles. The molecule has 3 rings (SSSR count). The van der Waals surface area contributed by atoms with Gasteiger partial charge in [-0.05, 0) is 58.3 Å². The van der Waals surface area contributed by atoms with Crippen molar-refractivity contribution in [1.82, 2.24) is 15.0 Å². The lowest BCUT2D eigenvalue weighted by atomic mass is 9.86. The second-order valence-corrected chi connectivity index (χ2v) is 7.88. The predicted octanol–water partition coefficient (Wildman–Crippen LogP) is 4.68. The van der Waals surface area contributed by atoms with Crippen LogP contribution in [0.25, 0.3) is 16.7 Å². The van der Waals surface area contributed by atoms with Crippen molar-refractivity contribution < 1.29 is 5.11 Å². The highest BCUT2D eigenvalue weighted by atomic mass is 127. The third kappa shape index (κ3) is 2.79. The van der Waals surface area contributed by atoms with Gasteiger partial charge in [0.15, 0.2) is 0 Å². The molecule has 6 heteroatoms. The molecule has 0 aliphatic heterocycles. The smallest absolute Gasteiger partial charge is 0.146 e. The molecule has 0 saturated carbocycles. The minimum atomic E-state index is -0.171. The molecule has 1 aromatic heterocycles. The Labute approximate surface area is 147 Å². The van der Waals surface area contributed by atoms with E-state index in [4.69, 9.17) is 11.6 Å². The van der Waals surface area contributed by atoms with Crippen LogP contribution in [0, 0.1) is 3.57 Å². The molecule has 4 nitrogen and oxygen atoms in total. The summed E-state index contributed by atoms with van der Waals surface area (Å²) in [6.45, 7) is 6.19. The average molecular weight is 428 g/mol. The average Bonchev–Trinajstić information content (AvgIpc) is 2.82. The Morgan fingerprint density at radius 1 is 1.09 bits per heavy atom. The fraction of sp³-hybridized carbons (Fsp3) is 0.250. The number of fused-ring (bicyclic) bond motifs is 1. The van der Waals surface area contributed by atoms with Gasteiger partial charge in [-0.2, -0.15) is 0 Å². The Balaban J connectivity index is 2.24. The molecule has 114 valence electrons. The quantitative estimate of drug-likeness (QED) is 0.574. The second kappa shape index (κ2) is 5.38. The van der Waals surface area contributed by atoms with Crippen molar-refractivity contribution in [2.24, 2.45) is 0 Å². The maximum absolute atomic E-state index is 10.7. The van der Waals surface area contributed by atoms with Crippen molar-refractivity contribution in [3.05, 3.63) is 44.5 Å². The maximum Gasteiger partial charge on any atom is 0.146 e. The van der Waals surface area contributed by atoms with E-state index in [-0.39, 0.29) is 11.2 Å². The Kier molecular flexibility index (Phi) is 3.81. The Morgan fingerprint density at radius 2 is 1.77 bits per heavy atom. The van der Waals surface area contributed by atoms with Crippen LogP contribution in [0.5, 0.6) is 5.75 Å². The molecular weight excluding hydrogens is 413 g/mol. The molecule has 0 amide bonds. The first-order valence-electron chi connectivity index (χ1n) is 6.82. The van der Waals surface area contributed by atoms with Crippen LogP contribution in [0.4, 0.5) is 0 Å². The van der Waals surface area contributed by atoms with Crippen molar-refractivity contribution in [3.63, 3.8) is 0 Å². The predicted molar refractivity (Wildman–Crippen MR) is 97.0 cm³/mol. The molecule has 0 spiro atoms. The van der Waals surface area contributed by atoms with Gasteiger partial charge in [0.2, 0.25) is 0 Å². The van der Waals surface area contributed by atoms with Crippen molar-refractivity contribution in [3.8, 4) is 11.4 Å². The van der Waals surface area contributed by atoms with E-state index < -0.39 is 0 Å². The number of nitrogens with zero attached hydrogens (tertiary/aromatic N) is 3. The van der Waals surface area contributed by atoms with Gasteiger partial charge in [0.1, 0.15) is 22.5 Å². The van der Waals surface area contributed by atoms with Crippen LogP contribution in [-0.4, -0.2) is 20.1 Å². The number of phenols is 1. The number of halogens is 2. The van der Waals surface area contributed by atoms with Crippen molar-refractivity contribution in [2.45, 2.75) is 26.2 Å². The topological polar surface area (TPSA) is 50.9 Å². The normalized spacial score (nSPS) is 12.0. The molecule has 1 N–H and O–H groups in total. The third-order valence-corrected chi connectivity index (χ3v) is 4.28. The molecule has 0 saturated heterocycles. The summed E-state index contributed by atoms with van der Waals surface area (Å²) in [5.41, 5.74) is 2.71. The lowest BCUT2D eigenvalue weighted by Crippen LogP contribution is -2.13. The molecule has 0 atom stereocenters. The highest BCUT2D eigenvalue weighted by Gasteiger charge is 2.22. The van der Waals surface area contributed by atoms with Crippen LogP contribution >= 0.6 is 34.2 Å². The number of hydrogen-bond donors (Lipinski definition) is 1. The number of hydrogen-bond acceptors (Lipinski definition) is 3. The first kappa shape index (κ1) is 15.6. The standard InChI is InChI=1S/C16H15ClIN3O/c1-16(2,3)11-7-10(18)8-14(15(11)22)21-19-12-5-4-9(17)6-13(12)20-21/h4-8,22H,1-3H3. The fourth-order valence-corrected chi connectivity index (χ4v) is 3.08. The molecule has 0 radical (unpaired) electrons. The highest BCUT2D eigenvalue weighted by Crippen LogP contribution is 2.36. The molecule has 0 fully saturated rings. The van der Waals surface area contributed by atoms with Crippen molar-refractivity contribution >= 4 is 45.2 Å². The molecule has 0 unspecified atom stereocenters. The van der Waals surface area contributed by atoms with E-state index in [0.717, 1.165) is 14.7 Å². The highest BCUT2D eigenvalue weighted by molar-refractivity contribution is 14.1. The third-order valence-electron chi connectivity index (χ3n) is 3.42. The van der Waals surface area contributed by atoms with E-state index in [1.54, 1.807) is 12.1 Å². The summed E-state index contributed by atoms with van der Waals surface area (Å²) in [6.07, 6.45) is 0. The van der Waals surface area contributed by atoms with Gasteiger partial charge < -0.3 is 5.11 Å². The summed E-state index contributed by atoms with van der Waals surface area (Å²) in [4.78, 5) is 1.47. The lowest BCUT2D eigenvalue weighted by molar-refractivity contribution is 0.440. The van der Waals surface area contributed by atoms with Gasteiger partial charge in [-0.1, -0.05) is 32.4 Å². The molecule has 3 aromatic rings. The van der Waals surface area contributed by atoms with Gasteiger partial charge in [0, 0.05) is 14.2 Å². The minimum Gasteiger partial charge on any atom is -0.505 e. The van der Waals surface area contributed by atoms with Crippen LogP contribution < -0.4 is 0 Å². The van der Waals surface area contributed by atoms with E-state index in [0.29, 0.717) is 16.2 Å². The summed E-state index contributed by atoms with van der Waals surface area (Å²) < 4.78 is 1.02. The van der Waals surface area contributed by atoms with E-state index in [1.165, 1.54) is 4.80 Å². The Morgan fingerprint density at radius 3 is 2.45 bits per heavy atom.